The van der Waals surface area contributed by atoms with Crippen molar-refractivity contribution in [3.8, 4) is 11.5 Å². The van der Waals surface area contributed by atoms with E-state index in [0.717, 1.165) is 6.42 Å². The van der Waals surface area contributed by atoms with E-state index in [-0.39, 0.29) is 37.1 Å². The van der Waals surface area contributed by atoms with Crippen LogP contribution in [0.25, 0.3) is 0 Å². The van der Waals surface area contributed by atoms with Crippen molar-refractivity contribution in [2.24, 2.45) is 22.5 Å². The molecule has 2 N–H and O–H groups in total. The Kier molecular flexibility index (Phi) is 13.6. The van der Waals surface area contributed by atoms with Crippen molar-refractivity contribution in [2.45, 2.75) is 100 Å². The fourth-order valence-electron chi connectivity index (χ4n) is 2.81. The Bertz CT molecular complexity index is 1020. The maximum atomic E-state index is 12.8. The van der Waals surface area contributed by atoms with Crippen molar-refractivity contribution in [1.82, 2.24) is 0 Å². The average Bonchev–Trinajstić information content (AvgIpc) is 2.91. The number of carbonyl (C=O) groups excluding carboxylic acids is 4. The second-order valence-corrected chi connectivity index (χ2v) is 11.5. The van der Waals surface area contributed by atoms with E-state index >= 15 is 0 Å². The first kappa shape index (κ1) is 34.9. The summed E-state index contributed by atoms with van der Waals surface area (Å²) in [6, 6.07) is 3.63. The molecule has 1 unspecified atom stereocenters. The normalized spacial score (nSPS) is 13.9. The zero-order valence-electron chi connectivity index (χ0n) is 25.5. The summed E-state index contributed by atoms with van der Waals surface area (Å²) in [5.74, 6) is -1.28. The Labute approximate surface area is 238 Å². The first-order chi connectivity index (χ1) is 18.6. The van der Waals surface area contributed by atoms with Crippen molar-refractivity contribution in [2.75, 3.05) is 13.2 Å². The van der Waals surface area contributed by atoms with Gasteiger partial charge in [0, 0.05) is 0 Å². The number of rotatable bonds is 15. The van der Waals surface area contributed by atoms with Crippen LogP contribution in [0, 0.1) is 16.7 Å². The van der Waals surface area contributed by atoms with Crippen LogP contribution < -0.4 is 15.2 Å². The summed E-state index contributed by atoms with van der Waals surface area (Å²) in [4.78, 5) is 49.8. The summed E-state index contributed by atoms with van der Waals surface area (Å²) in [6.45, 7) is 16.4. The third kappa shape index (κ3) is 11.2. The summed E-state index contributed by atoms with van der Waals surface area (Å²) in [5, 5.41) is 0. The van der Waals surface area contributed by atoms with Crippen LogP contribution in [0.1, 0.15) is 87.1 Å². The summed E-state index contributed by atoms with van der Waals surface area (Å²) < 4.78 is 26.6. The van der Waals surface area contributed by atoms with Gasteiger partial charge in [0.05, 0.1) is 17.4 Å². The van der Waals surface area contributed by atoms with Gasteiger partial charge in [-0.3, -0.25) is 14.4 Å². The van der Waals surface area contributed by atoms with Gasteiger partial charge in [0.25, 0.3) is 0 Å². The van der Waals surface area contributed by atoms with E-state index < -0.39 is 47.0 Å². The Morgan fingerprint density at radius 2 is 1.38 bits per heavy atom. The van der Waals surface area contributed by atoms with Crippen LogP contribution in [0.15, 0.2) is 18.2 Å². The molecule has 0 spiro atoms. The number of hydrogen-bond acceptors (Lipinski definition) is 10. The van der Waals surface area contributed by atoms with E-state index in [1.807, 2.05) is 27.7 Å². The predicted molar refractivity (Wildman–Crippen MR) is 150 cm³/mol. The van der Waals surface area contributed by atoms with Gasteiger partial charge in [0.15, 0.2) is 11.5 Å². The molecule has 3 atom stereocenters. The molecule has 226 valence electrons. The Balaban J connectivity index is 2.92. The van der Waals surface area contributed by atoms with Gasteiger partial charge in [0.2, 0.25) is 0 Å². The van der Waals surface area contributed by atoms with E-state index in [9.17, 15) is 19.2 Å². The lowest BCUT2D eigenvalue weighted by atomic mass is 9.90. The van der Waals surface area contributed by atoms with Gasteiger partial charge in [-0.2, -0.15) is 0 Å². The lowest BCUT2D eigenvalue weighted by Gasteiger charge is -2.23. The van der Waals surface area contributed by atoms with Crippen molar-refractivity contribution in [3.05, 3.63) is 23.8 Å². The fraction of sp³-hybridized carbons (Fsp3) is 0.667. The van der Waals surface area contributed by atoms with Crippen LogP contribution >= 0.6 is 0 Å². The maximum absolute atomic E-state index is 12.8. The van der Waals surface area contributed by atoms with Gasteiger partial charge in [-0.25, -0.2) is 4.79 Å². The second kappa shape index (κ2) is 15.6. The quantitative estimate of drug-likeness (QED) is 0.218. The fourth-order valence-corrected chi connectivity index (χ4v) is 2.81. The predicted octanol–water partition coefficient (Wildman–Crippen LogP) is 5.37. The number of carbonyl (C=O) groups is 4. The molecule has 0 bridgehead atoms. The van der Waals surface area contributed by atoms with E-state index in [2.05, 4.69) is 0 Å². The number of benzene rings is 1. The SMILES string of the molecule is CCC(C)COC(=O)O[C@@H](C)COC(=O)[C@@H](N)Cc1ccc(OC(=O)C(C)(C)CC)c(OC(=O)C(C)(C)CC)c1. The van der Waals surface area contributed by atoms with Crippen LogP contribution in [0.3, 0.4) is 0 Å². The minimum atomic E-state index is -1.05. The molecule has 40 heavy (non-hydrogen) atoms. The summed E-state index contributed by atoms with van der Waals surface area (Å²) in [6.07, 6.45) is 0.463. The molecule has 0 aliphatic carbocycles. The number of esters is 3. The van der Waals surface area contributed by atoms with E-state index in [1.165, 1.54) is 12.1 Å². The zero-order valence-corrected chi connectivity index (χ0v) is 25.5. The van der Waals surface area contributed by atoms with E-state index in [0.29, 0.717) is 18.4 Å². The first-order valence-electron chi connectivity index (χ1n) is 13.9. The molecule has 0 heterocycles. The molecular weight excluding hydrogens is 518 g/mol. The largest absolute Gasteiger partial charge is 0.508 e. The summed E-state index contributed by atoms with van der Waals surface area (Å²) >= 11 is 0. The Morgan fingerprint density at radius 1 is 0.825 bits per heavy atom. The van der Waals surface area contributed by atoms with Gasteiger partial charge in [0.1, 0.15) is 18.8 Å². The van der Waals surface area contributed by atoms with Crippen molar-refractivity contribution < 1.29 is 42.9 Å². The highest BCUT2D eigenvalue weighted by atomic mass is 16.7. The van der Waals surface area contributed by atoms with Gasteiger partial charge in [-0.1, -0.05) is 40.2 Å². The van der Waals surface area contributed by atoms with Crippen LogP contribution in [0.5, 0.6) is 11.5 Å². The summed E-state index contributed by atoms with van der Waals surface area (Å²) in [5.41, 5.74) is 5.13. The lowest BCUT2D eigenvalue weighted by molar-refractivity contribution is -0.148. The summed E-state index contributed by atoms with van der Waals surface area (Å²) in [7, 11) is 0. The van der Waals surface area contributed by atoms with Gasteiger partial charge in [-0.05, 0) is 77.5 Å². The molecule has 0 radical (unpaired) electrons. The lowest BCUT2D eigenvalue weighted by Crippen LogP contribution is -2.36. The zero-order chi connectivity index (χ0) is 30.7. The Morgan fingerprint density at radius 3 is 1.90 bits per heavy atom. The molecule has 0 fully saturated rings. The Hall–Kier alpha value is -3.14. The molecule has 0 saturated heterocycles. The molecule has 0 saturated carbocycles. The highest BCUT2D eigenvalue weighted by Gasteiger charge is 2.31. The molecule has 1 aromatic carbocycles. The first-order valence-corrected chi connectivity index (χ1v) is 13.9. The highest BCUT2D eigenvalue weighted by Crippen LogP contribution is 2.34. The van der Waals surface area contributed by atoms with Crippen molar-refractivity contribution in [1.29, 1.82) is 0 Å². The molecule has 1 rings (SSSR count). The van der Waals surface area contributed by atoms with E-state index in [1.54, 1.807) is 40.7 Å². The van der Waals surface area contributed by atoms with Crippen molar-refractivity contribution >= 4 is 24.1 Å². The molecule has 0 aliphatic rings. The minimum absolute atomic E-state index is 0.0570. The molecule has 10 heteroatoms. The monoisotopic (exact) mass is 565 g/mol. The molecule has 0 aliphatic heterocycles. The number of nitrogens with two attached hydrogens (primary N) is 1. The molecule has 10 nitrogen and oxygen atoms in total. The van der Waals surface area contributed by atoms with E-state index in [4.69, 9.17) is 29.4 Å². The van der Waals surface area contributed by atoms with Gasteiger partial charge in [-0.15, -0.1) is 0 Å². The van der Waals surface area contributed by atoms with Crippen LogP contribution in [-0.2, 0) is 35.0 Å². The number of hydrogen-bond donors (Lipinski definition) is 1. The topological polar surface area (TPSA) is 140 Å². The standard InChI is InChI=1S/C30H47NO9/c1-10-19(4)17-37-28(35)38-20(5)18-36-25(32)22(31)15-21-13-14-23(39-26(33)29(6,7)11-2)24(16-21)40-27(34)30(8,9)12-3/h13-14,16,19-20,22H,10-12,15,17-18,31H2,1-9H3/t19?,20-,22-/m0/s1. The third-order valence-corrected chi connectivity index (χ3v) is 6.99. The molecular formula is C30H47NO9. The smallest absolute Gasteiger partial charge is 0.461 e. The third-order valence-electron chi connectivity index (χ3n) is 6.99. The van der Waals surface area contributed by atoms with Crippen LogP contribution in [0.2, 0.25) is 0 Å². The van der Waals surface area contributed by atoms with Gasteiger partial charge < -0.3 is 29.4 Å². The highest BCUT2D eigenvalue weighted by molar-refractivity contribution is 5.81. The molecule has 0 amide bonds. The van der Waals surface area contributed by atoms with Crippen molar-refractivity contribution in [3.63, 3.8) is 0 Å². The average molecular weight is 566 g/mol. The maximum Gasteiger partial charge on any atom is 0.508 e. The van der Waals surface area contributed by atoms with Crippen LogP contribution in [-0.4, -0.2) is 49.4 Å². The minimum Gasteiger partial charge on any atom is -0.461 e. The van der Waals surface area contributed by atoms with Crippen LogP contribution in [0.4, 0.5) is 4.79 Å². The van der Waals surface area contributed by atoms with Gasteiger partial charge >= 0.3 is 24.1 Å². The number of ether oxygens (including phenoxy) is 5. The second-order valence-electron chi connectivity index (χ2n) is 11.5. The molecule has 0 aromatic heterocycles. The molecule has 1 aromatic rings.